The molecule has 0 unspecified atom stereocenters. The monoisotopic (exact) mass is 281 g/mol. The van der Waals surface area contributed by atoms with Crippen LogP contribution in [0.1, 0.15) is 30.4 Å². The lowest BCUT2D eigenvalue weighted by atomic mass is 9.71. The number of benzene rings is 1. The summed E-state index contributed by atoms with van der Waals surface area (Å²) in [5.74, 6) is 1.58. The Labute approximate surface area is 118 Å². The molecule has 4 nitrogen and oxygen atoms in total. The Morgan fingerprint density at radius 3 is 2.53 bits per heavy atom. The second-order valence-electron chi connectivity index (χ2n) is 5.46. The van der Waals surface area contributed by atoms with Crippen LogP contribution in [-0.2, 0) is 0 Å². The number of thiol groups is 1. The van der Waals surface area contributed by atoms with E-state index in [-0.39, 0.29) is 16.0 Å². The highest BCUT2D eigenvalue weighted by Gasteiger charge is 2.36. The third kappa shape index (κ3) is 2.86. The second kappa shape index (κ2) is 5.41. The first-order valence-corrected chi connectivity index (χ1v) is 7.10. The zero-order valence-corrected chi connectivity index (χ0v) is 12.2. The highest BCUT2D eigenvalue weighted by Crippen LogP contribution is 2.42. The third-order valence-electron chi connectivity index (χ3n) is 3.97. The summed E-state index contributed by atoms with van der Waals surface area (Å²) in [5.41, 5.74) is 1.80. The van der Waals surface area contributed by atoms with Gasteiger partial charge in [-0.3, -0.25) is 10.1 Å². The molecule has 5 heteroatoms. The molecule has 0 saturated heterocycles. The van der Waals surface area contributed by atoms with Crippen molar-refractivity contribution in [3.05, 3.63) is 33.4 Å². The van der Waals surface area contributed by atoms with Crippen LogP contribution in [0.4, 0.5) is 5.69 Å². The van der Waals surface area contributed by atoms with Gasteiger partial charge in [0.2, 0.25) is 0 Å². The minimum atomic E-state index is -0.354. The molecule has 0 bridgehead atoms. The lowest BCUT2D eigenvalue weighted by molar-refractivity contribution is -0.385. The molecule has 19 heavy (non-hydrogen) atoms. The summed E-state index contributed by atoms with van der Waals surface area (Å²) in [6.07, 6.45) is 3.55. The normalized spacial score (nSPS) is 16.8. The number of nitro benzene ring substituents is 1. The molecule has 1 aliphatic rings. The molecule has 1 saturated carbocycles. The van der Waals surface area contributed by atoms with E-state index in [1.807, 2.05) is 6.92 Å². The molecule has 0 amide bonds. The van der Waals surface area contributed by atoms with Crippen LogP contribution in [0.15, 0.2) is 12.1 Å². The molecule has 0 radical (unpaired) electrons. The maximum absolute atomic E-state index is 10.9. The SMILES string of the molecule is Cc1cc([N+](=O)[O-])c(C)cc1OCC1(CS)CCC1. The Kier molecular flexibility index (Phi) is 4.04. The summed E-state index contributed by atoms with van der Waals surface area (Å²) in [6.45, 7) is 4.23. The lowest BCUT2D eigenvalue weighted by Crippen LogP contribution is -2.37. The number of hydrogen-bond donors (Lipinski definition) is 1. The summed E-state index contributed by atoms with van der Waals surface area (Å²) in [6, 6.07) is 3.34. The first kappa shape index (κ1) is 14.2. The molecule has 1 fully saturated rings. The molecule has 0 N–H and O–H groups in total. The van der Waals surface area contributed by atoms with Crippen LogP contribution < -0.4 is 4.74 Å². The fraction of sp³-hybridized carbons (Fsp3) is 0.571. The zero-order valence-electron chi connectivity index (χ0n) is 11.3. The van der Waals surface area contributed by atoms with E-state index < -0.39 is 0 Å². The Balaban J connectivity index is 2.13. The smallest absolute Gasteiger partial charge is 0.272 e. The van der Waals surface area contributed by atoms with Crippen LogP contribution in [0, 0.1) is 29.4 Å². The van der Waals surface area contributed by atoms with Crippen molar-refractivity contribution in [3.8, 4) is 5.75 Å². The highest BCUT2D eigenvalue weighted by molar-refractivity contribution is 7.80. The molecule has 1 aromatic carbocycles. The first-order valence-electron chi connectivity index (χ1n) is 6.47. The minimum absolute atomic E-state index is 0.150. The maximum atomic E-state index is 10.9. The van der Waals surface area contributed by atoms with Gasteiger partial charge < -0.3 is 4.74 Å². The van der Waals surface area contributed by atoms with Crippen molar-refractivity contribution in [3.63, 3.8) is 0 Å². The third-order valence-corrected chi connectivity index (χ3v) is 4.64. The number of hydrogen-bond acceptors (Lipinski definition) is 4. The van der Waals surface area contributed by atoms with Crippen LogP contribution in [0.25, 0.3) is 0 Å². The maximum Gasteiger partial charge on any atom is 0.272 e. The molecule has 104 valence electrons. The first-order chi connectivity index (χ1) is 8.97. The Bertz CT molecular complexity index is 492. The highest BCUT2D eigenvalue weighted by atomic mass is 32.1. The van der Waals surface area contributed by atoms with Crippen molar-refractivity contribution in [2.24, 2.45) is 5.41 Å². The van der Waals surface area contributed by atoms with Gasteiger partial charge in [-0.15, -0.1) is 0 Å². The van der Waals surface area contributed by atoms with Crippen molar-refractivity contribution in [1.82, 2.24) is 0 Å². The van der Waals surface area contributed by atoms with Crippen LogP contribution in [0.3, 0.4) is 0 Å². The average molecular weight is 281 g/mol. The fourth-order valence-corrected chi connectivity index (χ4v) is 2.79. The van der Waals surface area contributed by atoms with E-state index in [4.69, 9.17) is 4.74 Å². The van der Waals surface area contributed by atoms with Crippen molar-refractivity contribution in [2.75, 3.05) is 12.4 Å². The van der Waals surface area contributed by atoms with Crippen molar-refractivity contribution >= 4 is 18.3 Å². The Morgan fingerprint density at radius 2 is 2.05 bits per heavy atom. The lowest BCUT2D eigenvalue weighted by Gasteiger charge is -2.40. The number of nitrogens with zero attached hydrogens (tertiary/aromatic N) is 1. The van der Waals surface area contributed by atoms with Gasteiger partial charge >= 0.3 is 0 Å². The molecular formula is C14H19NO3S. The molecule has 0 aliphatic heterocycles. The van der Waals surface area contributed by atoms with Crippen LogP contribution in [0.2, 0.25) is 0 Å². The van der Waals surface area contributed by atoms with E-state index in [2.05, 4.69) is 12.6 Å². The van der Waals surface area contributed by atoms with Crippen molar-refractivity contribution in [2.45, 2.75) is 33.1 Å². The van der Waals surface area contributed by atoms with Crippen LogP contribution in [-0.4, -0.2) is 17.3 Å². The fourth-order valence-electron chi connectivity index (χ4n) is 2.38. The summed E-state index contributed by atoms with van der Waals surface area (Å²) in [4.78, 5) is 10.5. The minimum Gasteiger partial charge on any atom is -0.493 e. The zero-order chi connectivity index (χ0) is 14.0. The van der Waals surface area contributed by atoms with E-state index in [0.29, 0.717) is 12.2 Å². The van der Waals surface area contributed by atoms with E-state index in [0.717, 1.165) is 29.9 Å². The van der Waals surface area contributed by atoms with Gasteiger partial charge in [0.15, 0.2) is 0 Å². The second-order valence-corrected chi connectivity index (χ2v) is 5.78. The van der Waals surface area contributed by atoms with Gasteiger partial charge in [0.05, 0.1) is 11.5 Å². The van der Waals surface area contributed by atoms with E-state index in [1.54, 1.807) is 19.1 Å². The topological polar surface area (TPSA) is 52.4 Å². The standard InChI is InChI=1S/C14H19NO3S/c1-10-7-13(11(2)6-12(10)15(16)17)18-8-14(9-19)4-3-5-14/h6-7,19H,3-5,8-9H2,1-2H3. The molecule has 2 rings (SSSR count). The Morgan fingerprint density at radius 1 is 1.37 bits per heavy atom. The predicted octanol–water partition coefficient (Wildman–Crippen LogP) is 3.69. The molecule has 1 aliphatic carbocycles. The van der Waals surface area contributed by atoms with E-state index >= 15 is 0 Å². The number of rotatable bonds is 5. The molecule has 0 spiro atoms. The van der Waals surface area contributed by atoms with Crippen LogP contribution in [0.5, 0.6) is 5.75 Å². The van der Waals surface area contributed by atoms with Gasteiger partial charge in [-0.05, 0) is 44.1 Å². The van der Waals surface area contributed by atoms with Gasteiger partial charge in [0.25, 0.3) is 5.69 Å². The summed E-state index contributed by atoms with van der Waals surface area (Å²) in [7, 11) is 0. The predicted molar refractivity (Wildman–Crippen MR) is 78.2 cm³/mol. The summed E-state index contributed by atoms with van der Waals surface area (Å²) in [5, 5.41) is 10.9. The van der Waals surface area contributed by atoms with E-state index in [9.17, 15) is 10.1 Å². The quantitative estimate of drug-likeness (QED) is 0.509. The molecule has 0 aromatic heterocycles. The molecule has 0 heterocycles. The van der Waals surface area contributed by atoms with Gasteiger partial charge in [0, 0.05) is 17.0 Å². The average Bonchev–Trinajstić information content (AvgIpc) is 2.31. The molecule has 1 aromatic rings. The van der Waals surface area contributed by atoms with E-state index in [1.165, 1.54) is 6.42 Å². The largest absolute Gasteiger partial charge is 0.493 e. The number of ether oxygens (including phenoxy) is 1. The van der Waals surface area contributed by atoms with Crippen molar-refractivity contribution < 1.29 is 9.66 Å². The Hall–Kier alpha value is -1.23. The van der Waals surface area contributed by atoms with Gasteiger partial charge in [-0.25, -0.2) is 0 Å². The molecular weight excluding hydrogens is 262 g/mol. The van der Waals surface area contributed by atoms with Gasteiger partial charge in [-0.2, -0.15) is 12.6 Å². The van der Waals surface area contributed by atoms with Gasteiger partial charge in [0.1, 0.15) is 5.75 Å². The van der Waals surface area contributed by atoms with Crippen LogP contribution >= 0.6 is 12.6 Å². The molecule has 0 atom stereocenters. The summed E-state index contributed by atoms with van der Waals surface area (Å²) >= 11 is 4.40. The number of nitro groups is 1. The number of aryl methyl sites for hydroxylation is 2. The van der Waals surface area contributed by atoms with Gasteiger partial charge in [-0.1, -0.05) is 6.42 Å². The van der Waals surface area contributed by atoms with Crippen molar-refractivity contribution in [1.29, 1.82) is 0 Å². The summed E-state index contributed by atoms with van der Waals surface area (Å²) < 4.78 is 5.88.